The lowest BCUT2D eigenvalue weighted by Crippen LogP contribution is -2.30. The highest BCUT2D eigenvalue weighted by Crippen LogP contribution is 2.24. The van der Waals surface area contributed by atoms with Gasteiger partial charge in [-0.3, -0.25) is 0 Å². The van der Waals surface area contributed by atoms with E-state index in [1.165, 1.54) is 61.5 Å². The lowest BCUT2D eigenvalue weighted by molar-refractivity contribution is -0.660. The number of hydrogen-bond acceptors (Lipinski definition) is 0. The highest BCUT2D eigenvalue weighted by molar-refractivity contribution is 5.64. The molecule has 3 heteroatoms. The third kappa shape index (κ3) is 9.13. The van der Waals surface area contributed by atoms with Gasteiger partial charge < -0.3 is 0 Å². The van der Waals surface area contributed by atoms with Crippen molar-refractivity contribution in [2.75, 3.05) is 0 Å². The Hall–Kier alpha value is -4.89. The van der Waals surface area contributed by atoms with Crippen molar-refractivity contribution in [3.05, 3.63) is 160 Å². The van der Waals surface area contributed by atoms with Gasteiger partial charge in [0.2, 0.25) is 17.1 Å². The zero-order valence-electron chi connectivity index (χ0n) is 33.7. The van der Waals surface area contributed by atoms with E-state index in [1.807, 2.05) is 30.8 Å². The predicted octanol–water partition coefficient (Wildman–Crippen LogP) is 9.31. The fourth-order valence-corrected chi connectivity index (χ4v) is 5.89. The van der Waals surface area contributed by atoms with Gasteiger partial charge in [-0.1, -0.05) is 53.1 Å². The molecule has 6 rings (SSSR count). The molecule has 0 radical (unpaired) electrons. The van der Waals surface area contributed by atoms with Crippen molar-refractivity contribution < 1.29 is 17.8 Å². The molecule has 0 unspecified atom stereocenters. The molecule has 246 valence electrons. The molecular weight excluding hydrogens is 583 g/mol. The first-order valence-electron chi connectivity index (χ1n) is 18.1. The first-order chi connectivity index (χ1) is 23.9. The molecule has 0 aliphatic carbocycles. The summed E-state index contributed by atoms with van der Waals surface area (Å²) >= 11 is 0. The van der Waals surface area contributed by atoms with Gasteiger partial charge in [0.05, 0.1) is 0 Å². The summed E-state index contributed by atoms with van der Waals surface area (Å²) in [6, 6.07) is 31.5. The number of hydrogen-bond donors (Lipinski definition) is 0. The summed E-state index contributed by atoms with van der Waals surface area (Å²) in [6.45, 7) is 14.8. The zero-order chi connectivity index (χ0) is 37.6. The SMILES string of the molecule is Cc1ccc(-c2cc(C)cc[n+]2C)c(C)c1.Cc1ccc(C)c(-c2cc(C)cc[n+]2C)c1.[2H]C([2H])([2H])c1ccc(-c2cc(C)cc[n+]2C)c(C)c1. The number of benzene rings is 3. The Morgan fingerprint density at radius 3 is 1.15 bits per heavy atom. The van der Waals surface area contributed by atoms with Crippen LogP contribution in [0.5, 0.6) is 0 Å². The van der Waals surface area contributed by atoms with Crippen molar-refractivity contribution in [1.29, 1.82) is 0 Å². The molecule has 3 aromatic carbocycles. The minimum absolute atomic E-state index is 0.393. The van der Waals surface area contributed by atoms with Gasteiger partial charge in [0.15, 0.2) is 18.6 Å². The van der Waals surface area contributed by atoms with Crippen LogP contribution < -0.4 is 13.7 Å². The second kappa shape index (κ2) is 15.8. The summed E-state index contributed by atoms with van der Waals surface area (Å²) < 4.78 is 28.7. The molecule has 0 aliphatic rings. The van der Waals surface area contributed by atoms with Gasteiger partial charge in [-0.25, -0.2) is 13.7 Å². The molecule has 0 N–H and O–H groups in total. The highest BCUT2D eigenvalue weighted by atomic mass is 14.9. The van der Waals surface area contributed by atoms with Crippen molar-refractivity contribution in [3.63, 3.8) is 0 Å². The lowest BCUT2D eigenvalue weighted by atomic mass is 10.0. The van der Waals surface area contributed by atoms with Crippen molar-refractivity contribution in [3.8, 4) is 33.8 Å². The summed E-state index contributed by atoms with van der Waals surface area (Å²) in [5, 5.41) is 0. The molecular formula is C45H54N3+3. The fraction of sp³-hybridized carbons (Fsp3) is 0.267. The standard InChI is InChI=1S/3C15H18N/c2*1-11-5-6-14(13(3)9-11)15-10-12(2)7-8-16(15)4;1-11-5-6-13(3)14(9-11)15-10-12(2)7-8-16(15)4/h3*5-10H,1-4H3/q3*+1/i1D3;;. The van der Waals surface area contributed by atoms with E-state index in [1.54, 1.807) is 12.1 Å². The van der Waals surface area contributed by atoms with Crippen LogP contribution in [0, 0.1) is 62.2 Å². The van der Waals surface area contributed by atoms with Crippen LogP contribution in [-0.2, 0) is 21.1 Å². The van der Waals surface area contributed by atoms with Gasteiger partial charge in [-0.15, -0.1) is 0 Å². The zero-order valence-corrected chi connectivity index (χ0v) is 30.7. The maximum absolute atomic E-state index is 7.45. The van der Waals surface area contributed by atoms with Crippen molar-refractivity contribution >= 4 is 0 Å². The second-order valence-electron chi connectivity index (χ2n) is 13.3. The van der Waals surface area contributed by atoms with Crippen LogP contribution in [0.1, 0.15) is 54.2 Å². The van der Waals surface area contributed by atoms with Gasteiger partial charge in [0.25, 0.3) is 0 Å². The molecule has 0 amide bonds. The van der Waals surface area contributed by atoms with Crippen LogP contribution in [0.4, 0.5) is 0 Å². The minimum atomic E-state index is -2.04. The highest BCUT2D eigenvalue weighted by Gasteiger charge is 2.14. The Morgan fingerprint density at radius 1 is 0.354 bits per heavy atom. The van der Waals surface area contributed by atoms with E-state index in [4.69, 9.17) is 4.11 Å². The molecule has 3 aromatic heterocycles. The third-order valence-electron chi connectivity index (χ3n) is 8.75. The van der Waals surface area contributed by atoms with E-state index in [9.17, 15) is 0 Å². The summed E-state index contributed by atoms with van der Waals surface area (Å²) in [5.74, 6) is 0. The molecule has 0 atom stereocenters. The molecule has 6 aromatic rings. The molecule has 0 fully saturated rings. The lowest BCUT2D eigenvalue weighted by Gasteiger charge is -2.06. The van der Waals surface area contributed by atoms with Crippen LogP contribution >= 0.6 is 0 Å². The molecule has 0 bridgehead atoms. The maximum atomic E-state index is 7.45. The molecule has 3 heterocycles. The average molecular weight is 640 g/mol. The second-order valence-corrected chi connectivity index (χ2v) is 13.3. The predicted molar refractivity (Wildman–Crippen MR) is 202 cm³/mol. The van der Waals surface area contributed by atoms with Crippen LogP contribution in [0.25, 0.3) is 33.8 Å². The van der Waals surface area contributed by atoms with Crippen molar-refractivity contribution in [2.24, 2.45) is 21.1 Å². The third-order valence-corrected chi connectivity index (χ3v) is 8.75. The molecule has 0 saturated heterocycles. The van der Waals surface area contributed by atoms with Crippen LogP contribution in [-0.4, -0.2) is 0 Å². The van der Waals surface area contributed by atoms with Crippen LogP contribution in [0.2, 0.25) is 0 Å². The number of aromatic nitrogens is 3. The van der Waals surface area contributed by atoms with Crippen LogP contribution in [0.3, 0.4) is 0 Å². The van der Waals surface area contributed by atoms with E-state index < -0.39 is 6.85 Å². The Labute approximate surface area is 294 Å². The van der Waals surface area contributed by atoms with E-state index >= 15 is 0 Å². The molecule has 48 heavy (non-hydrogen) atoms. The summed E-state index contributed by atoms with van der Waals surface area (Å²) in [6.07, 6.45) is 6.25. The molecule has 0 saturated carbocycles. The normalized spacial score (nSPS) is 11.7. The smallest absolute Gasteiger partial charge is 0.201 e. The number of rotatable bonds is 3. The van der Waals surface area contributed by atoms with E-state index in [0.29, 0.717) is 5.56 Å². The summed E-state index contributed by atoms with van der Waals surface area (Å²) in [4.78, 5) is 0. The Kier molecular flexibility index (Phi) is 10.4. The largest absolute Gasteiger partial charge is 0.212 e. The minimum Gasteiger partial charge on any atom is -0.201 e. The summed E-state index contributed by atoms with van der Waals surface area (Å²) in [5.41, 5.74) is 17.8. The van der Waals surface area contributed by atoms with Gasteiger partial charge in [0.1, 0.15) is 21.1 Å². The Bertz CT molecular complexity index is 2110. The number of nitrogens with zero attached hydrogens (tertiary/aromatic N) is 3. The fourth-order valence-electron chi connectivity index (χ4n) is 5.89. The number of aryl methyl sites for hydroxylation is 12. The first-order valence-corrected chi connectivity index (χ1v) is 16.6. The average Bonchev–Trinajstić information content (AvgIpc) is 3.06. The van der Waals surface area contributed by atoms with Crippen molar-refractivity contribution in [2.45, 2.75) is 62.2 Å². The molecule has 3 nitrogen and oxygen atoms in total. The van der Waals surface area contributed by atoms with E-state index in [-0.39, 0.29) is 0 Å². The first kappa shape index (κ1) is 31.7. The Balaban J connectivity index is 0.000000172. The van der Waals surface area contributed by atoms with Gasteiger partial charge in [-0.2, -0.15) is 0 Å². The number of pyridine rings is 3. The van der Waals surface area contributed by atoms with Gasteiger partial charge in [-0.05, 0) is 114 Å². The molecule has 0 spiro atoms. The van der Waals surface area contributed by atoms with E-state index in [0.717, 1.165) is 16.8 Å². The Morgan fingerprint density at radius 2 is 0.708 bits per heavy atom. The monoisotopic (exact) mass is 639 g/mol. The molecule has 0 aliphatic heterocycles. The summed E-state index contributed by atoms with van der Waals surface area (Å²) in [7, 11) is 6.18. The maximum Gasteiger partial charge on any atom is 0.212 e. The quantitative estimate of drug-likeness (QED) is 0.171. The van der Waals surface area contributed by atoms with Gasteiger partial charge >= 0.3 is 0 Å². The topological polar surface area (TPSA) is 11.6 Å². The van der Waals surface area contributed by atoms with Crippen LogP contribution in [0.15, 0.2) is 110 Å². The van der Waals surface area contributed by atoms with E-state index in [2.05, 4.69) is 157 Å². The van der Waals surface area contributed by atoms with Gasteiger partial charge in [0, 0.05) is 57.2 Å². The van der Waals surface area contributed by atoms with Crippen molar-refractivity contribution in [1.82, 2.24) is 0 Å².